The molecule has 0 bridgehead atoms. The van der Waals surface area contributed by atoms with Gasteiger partial charge in [-0.15, -0.1) is 0 Å². The number of carbonyl (C=O) groups excluding carboxylic acids is 1. The average Bonchev–Trinajstić information content (AvgIpc) is 3.32. The van der Waals surface area contributed by atoms with Gasteiger partial charge < -0.3 is 23.4 Å². The molecule has 2 fully saturated rings. The molecule has 2 aliphatic heterocycles. The summed E-state index contributed by atoms with van der Waals surface area (Å²) < 4.78 is 31.5. The third-order valence-corrected chi connectivity index (χ3v) is 12.5. The monoisotopic (exact) mass is 527 g/mol. The van der Waals surface area contributed by atoms with Gasteiger partial charge in [0.2, 0.25) is 0 Å². The van der Waals surface area contributed by atoms with Gasteiger partial charge in [0.1, 0.15) is 17.7 Å². The highest BCUT2D eigenvalue weighted by Gasteiger charge is 2.64. The molecule has 202 valence electrons. The van der Waals surface area contributed by atoms with Crippen molar-refractivity contribution in [2.24, 2.45) is 0 Å². The van der Waals surface area contributed by atoms with E-state index in [2.05, 4.69) is 33.9 Å². The Morgan fingerprint density at radius 1 is 1.00 bits per heavy atom. The van der Waals surface area contributed by atoms with E-state index < -0.39 is 50.8 Å². The number of cyclic esters (lactones) is 1. The van der Waals surface area contributed by atoms with Crippen LogP contribution in [0.5, 0.6) is 0 Å². The Balaban J connectivity index is 1.86. The van der Waals surface area contributed by atoms with E-state index in [0.29, 0.717) is 6.61 Å². The van der Waals surface area contributed by atoms with Crippen LogP contribution in [-0.2, 0) is 23.4 Å². The van der Waals surface area contributed by atoms with Crippen molar-refractivity contribution in [3.05, 3.63) is 71.8 Å². The van der Waals surface area contributed by atoms with Crippen LogP contribution in [0.3, 0.4) is 0 Å². The summed E-state index contributed by atoms with van der Waals surface area (Å²) in [6.45, 7) is 15.2. The van der Waals surface area contributed by atoms with Crippen molar-refractivity contribution in [1.29, 1.82) is 0 Å². The van der Waals surface area contributed by atoms with Crippen LogP contribution in [0.2, 0.25) is 18.1 Å². The summed E-state index contributed by atoms with van der Waals surface area (Å²) in [5.41, 5.74) is 0.899. The topological polar surface area (TPSA) is 66.5 Å². The Hall–Kier alpha value is -2.23. The van der Waals surface area contributed by atoms with Gasteiger partial charge in [-0.1, -0.05) is 81.4 Å². The molecule has 1 unspecified atom stereocenters. The fraction of sp³-hybridized carbons (Fsp3) is 0.552. The number of methoxy groups -OCH3 is 1. The molecule has 0 saturated carbocycles. The molecular weight excluding hydrogens is 486 g/mol. The first-order valence-electron chi connectivity index (χ1n) is 13.0. The van der Waals surface area contributed by atoms with E-state index in [1.54, 1.807) is 12.0 Å². The molecule has 0 spiro atoms. The third-order valence-electron chi connectivity index (χ3n) is 8.05. The first-order chi connectivity index (χ1) is 17.4. The number of ether oxygens (including phenoxy) is 4. The van der Waals surface area contributed by atoms with Crippen LogP contribution >= 0.6 is 0 Å². The van der Waals surface area contributed by atoms with Crippen LogP contribution in [0.15, 0.2) is 60.7 Å². The van der Waals surface area contributed by atoms with E-state index in [1.807, 2.05) is 74.5 Å². The van der Waals surface area contributed by atoms with Crippen molar-refractivity contribution in [1.82, 2.24) is 4.90 Å². The van der Waals surface area contributed by atoms with Crippen LogP contribution in [-0.4, -0.2) is 57.3 Å². The maximum atomic E-state index is 13.8. The minimum Gasteiger partial charge on any atom is -0.439 e. The SMILES string of the molecule is CCO[C@]1(C)C(OC)O[C@H](O[Si](C)(C)C(C)(C)C)[C@H]1N1C(=O)O[C@@H](c2ccccc2)[C@H]1c1ccccc1. The molecular formula is C29H41NO6Si. The molecule has 2 aromatic rings. The van der Waals surface area contributed by atoms with Crippen molar-refractivity contribution >= 4 is 14.4 Å². The zero-order valence-electron chi connectivity index (χ0n) is 23.3. The van der Waals surface area contributed by atoms with Gasteiger partial charge in [0.15, 0.2) is 27.0 Å². The number of benzene rings is 2. The predicted molar refractivity (Wildman–Crippen MR) is 144 cm³/mol. The summed E-state index contributed by atoms with van der Waals surface area (Å²) in [4.78, 5) is 15.6. The molecule has 0 radical (unpaired) electrons. The first kappa shape index (κ1) is 27.8. The zero-order chi connectivity index (χ0) is 27.0. The van der Waals surface area contributed by atoms with E-state index in [9.17, 15) is 4.79 Å². The molecule has 7 nitrogen and oxygen atoms in total. The lowest BCUT2D eigenvalue weighted by Crippen LogP contribution is -2.60. The fourth-order valence-electron chi connectivity index (χ4n) is 5.12. The van der Waals surface area contributed by atoms with Crippen molar-refractivity contribution in [3.63, 3.8) is 0 Å². The second-order valence-corrected chi connectivity index (χ2v) is 16.2. The van der Waals surface area contributed by atoms with Gasteiger partial charge in [-0.25, -0.2) is 4.79 Å². The van der Waals surface area contributed by atoms with Crippen LogP contribution < -0.4 is 0 Å². The number of hydrogen-bond acceptors (Lipinski definition) is 6. The minimum absolute atomic E-state index is 0.0645. The minimum atomic E-state index is -2.31. The van der Waals surface area contributed by atoms with E-state index in [0.717, 1.165) is 11.1 Å². The smallest absolute Gasteiger partial charge is 0.411 e. The zero-order valence-corrected chi connectivity index (χ0v) is 24.3. The van der Waals surface area contributed by atoms with Crippen molar-refractivity contribution in [2.45, 2.75) is 89.1 Å². The highest BCUT2D eigenvalue weighted by molar-refractivity contribution is 6.74. The Morgan fingerprint density at radius 2 is 1.57 bits per heavy atom. The lowest BCUT2D eigenvalue weighted by Gasteiger charge is -2.43. The Kier molecular flexibility index (Phi) is 7.89. The molecule has 2 aliphatic rings. The number of amides is 1. The molecule has 0 aromatic heterocycles. The first-order valence-corrected chi connectivity index (χ1v) is 15.9. The Bertz CT molecular complexity index is 1060. The van der Waals surface area contributed by atoms with Crippen LogP contribution in [0.1, 0.15) is 57.9 Å². The summed E-state index contributed by atoms with van der Waals surface area (Å²) >= 11 is 0. The Morgan fingerprint density at radius 3 is 2.08 bits per heavy atom. The molecule has 6 atom stereocenters. The van der Waals surface area contributed by atoms with E-state index in [1.165, 1.54) is 0 Å². The molecule has 4 rings (SSSR count). The van der Waals surface area contributed by atoms with E-state index >= 15 is 0 Å². The van der Waals surface area contributed by atoms with Gasteiger partial charge in [-0.3, -0.25) is 4.90 Å². The van der Waals surface area contributed by atoms with Crippen molar-refractivity contribution in [2.75, 3.05) is 13.7 Å². The van der Waals surface area contributed by atoms with Gasteiger partial charge in [0.05, 0.1) is 0 Å². The highest BCUT2D eigenvalue weighted by atomic mass is 28.4. The summed E-state index contributed by atoms with van der Waals surface area (Å²) in [5.74, 6) is 0. The van der Waals surface area contributed by atoms with Gasteiger partial charge in [0, 0.05) is 13.7 Å². The summed E-state index contributed by atoms with van der Waals surface area (Å²) in [6.07, 6.45) is -2.41. The molecule has 0 aliphatic carbocycles. The van der Waals surface area contributed by atoms with E-state index in [4.69, 9.17) is 23.4 Å². The number of nitrogens with zero attached hydrogens (tertiary/aromatic N) is 1. The molecule has 37 heavy (non-hydrogen) atoms. The van der Waals surface area contributed by atoms with Gasteiger partial charge in [0.25, 0.3) is 0 Å². The maximum Gasteiger partial charge on any atom is 0.411 e. The van der Waals surface area contributed by atoms with Crippen LogP contribution in [0.25, 0.3) is 0 Å². The Labute approximate surface area is 222 Å². The third kappa shape index (κ3) is 5.10. The maximum absolute atomic E-state index is 13.8. The molecule has 2 saturated heterocycles. The van der Waals surface area contributed by atoms with Gasteiger partial charge in [-0.2, -0.15) is 0 Å². The second-order valence-electron chi connectivity index (χ2n) is 11.5. The number of carbonyl (C=O) groups is 1. The predicted octanol–water partition coefficient (Wildman–Crippen LogP) is 6.44. The average molecular weight is 528 g/mol. The highest BCUT2D eigenvalue weighted by Crippen LogP contribution is 2.51. The largest absolute Gasteiger partial charge is 0.439 e. The summed E-state index contributed by atoms with van der Waals surface area (Å²) in [7, 11) is -0.715. The van der Waals surface area contributed by atoms with Gasteiger partial charge in [-0.05, 0) is 43.1 Å². The van der Waals surface area contributed by atoms with E-state index in [-0.39, 0.29) is 5.04 Å². The molecule has 1 amide bonds. The van der Waals surface area contributed by atoms with Crippen molar-refractivity contribution < 1.29 is 28.2 Å². The lowest BCUT2D eigenvalue weighted by atomic mass is 9.90. The van der Waals surface area contributed by atoms with Crippen molar-refractivity contribution in [3.8, 4) is 0 Å². The fourth-order valence-corrected chi connectivity index (χ4v) is 6.24. The molecule has 8 heteroatoms. The molecule has 2 aromatic carbocycles. The van der Waals surface area contributed by atoms with Crippen LogP contribution in [0, 0.1) is 0 Å². The summed E-state index contributed by atoms with van der Waals surface area (Å²) in [6, 6.07) is 18.8. The summed E-state index contributed by atoms with van der Waals surface area (Å²) in [5, 5.41) is -0.0645. The molecule has 2 heterocycles. The second kappa shape index (κ2) is 10.5. The van der Waals surface area contributed by atoms with Gasteiger partial charge >= 0.3 is 6.09 Å². The lowest BCUT2D eigenvalue weighted by molar-refractivity contribution is -0.216. The standard InChI is InChI=1S/C29H41NO6Si/c1-9-33-29(5)24(25(35-26(29)32-6)36-37(7,8)28(2,3)4)30-22(20-16-12-10-13-17-20)23(34-27(30)31)21-18-14-11-15-19-21/h10-19,22-26H,9H2,1-8H3/t22-,23+,24-,25-,26?,29+/m1/s1. The number of rotatable bonds is 8. The molecule has 0 N–H and O–H groups in total. The quantitative estimate of drug-likeness (QED) is 0.368. The normalized spacial score (nSPS) is 30.5. The van der Waals surface area contributed by atoms with Crippen LogP contribution in [0.4, 0.5) is 4.79 Å². The number of hydrogen-bond donors (Lipinski definition) is 0.